The molecular formula is C11H14ClN5O3S. The Hall–Kier alpha value is -1.68. The molecule has 0 saturated carbocycles. The summed E-state index contributed by atoms with van der Waals surface area (Å²) in [5.41, 5.74) is 2.26. The topological polar surface area (TPSA) is 123 Å². The number of rotatable bonds is 5. The zero-order valence-corrected chi connectivity index (χ0v) is 12.9. The minimum Gasteiger partial charge on any atom is -0.444 e. The number of nitrogen functional groups attached to an aromatic ring is 1. The SMILES string of the molecule is Cc1cnc(C(C)NS(=O)(=O)c2cnc(NN)c(Cl)c2)o1. The summed E-state index contributed by atoms with van der Waals surface area (Å²) in [6.45, 7) is 3.34. The number of pyridine rings is 1. The third-order valence-corrected chi connectivity index (χ3v) is 4.40. The summed E-state index contributed by atoms with van der Waals surface area (Å²) in [6, 6.07) is 0.620. The van der Waals surface area contributed by atoms with Gasteiger partial charge >= 0.3 is 0 Å². The van der Waals surface area contributed by atoms with Gasteiger partial charge in [-0.05, 0) is 19.9 Å². The molecule has 2 heterocycles. The molecule has 10 heteroatoms. The highest BCUT2D eigenvalue weighted by Gasteiger charge is 2.22. The fourth-order valence-corrected chi connectivity index (χ4v) is 3.05. The van der Waals surface area contributed by atoms with Gasteiger partial charge in [0.15, 0.2) is 5.82 Å². The second-order valence-corrected chi connectivity index (χ2v) is 6.42. The lowest BCUT2D eigenvalue weighted by Crippen LogP contribution is -2.27. The molecule has 1 atom stereocenters. The lowest BCUT2D eigenvalue weighted by atomic mass is 10.4. The van der Waals surface area contributed by atoms with Gasteiger partial charge in [0.1, 0.15) is 10.7 Å². The van der Waals surface area contributed by atoms with Crippen molar-refractivity contribution in [3.8, 4) is 0 Å². The summed E-state index contributed by atoms with van der Waals surface area (Å²) in [6.07, 6.45) is 2.66. The van der Waals surface area contributed by atoms with Crippen molar-refractivity contribution in [3.05, 3.63) is 35.1 Å². The van der Waals surface area contributed by atoms with E-state index in [0.29, 0.717) is 5.76 Å². The van der Waals surface area contributed by atoms with Gasteiger partial charge in [-0.25, -0.2) is 24.2 Å². The monoisotopic (exact) mass is 331 g/mol. The van der Waals surface area contributed by atoms with Crippen LogP contribution in [0.25, 0.3) is 0 Å². The fraction of sp³-hybridized carbons (Fsp3) is 0.273. The lowest BCUT2D eigenvalue weighted by Gasteiger charge is -2.12. The molecule has 2 aromatic heterocycles. The lowest BCUT2D eigenvalue weighted by molar-refractivity contribution is 0.428. The standard InChI is InChI=1S/C11H14ClN5O3S/c1-6-4-15-11(20-6)7(2)17-21(18,19)8-3-9(12)10(16-13)14-5-8/h3-5,7,17H,13H2,1-2H3,(H,14,16). The molecule has 0 saturated heterocycles. The Bertz CT molecular complexity index is 746. The number of nitrogens with zero attached hydrogens (tertiary/aromatic N) is 2. The van der Waals surface area contributed by atoms with Crippen LogP contribution in [0.2, 0.25) is 5.02 Å². The number of sulfonamides is 1. The van der Waals surface area contributed by atoms with E-state index in [9.17, 15) is 8.42 Å². The van der Waals surface area contributed by atoms with Crippen molar-refractivity contribution >= 4 is 27.4 Å². The highest BCUT2D eigenvalue weighted by Crippen LogP contribution is 2.23. The minimum absolute atomic E-state index is 0.0818. The normalized spacial score (nSPS) is 13.1. The highest BCUT2D eigenvalue weighted by atomic mass is 35.5. The predicted octanol–water partition coefficient (Wildman–Crippen LogP) is 1.36. The zero-order chi connectivity index (χ0) is 15.6. The first-order valence-electron chi connectivity index (χ1n) is 5.90. The number of nitrogens with two attached hydrogens (primary N) is 1. The molecule has 2 rings (SSSR count). The van der Waals surface area contributed by atoms with Gasteiger partial charge in [0, 0.05) is 6.20 Å². The second-order valence-electron chi connectivity index (χ2n) is 4.30. The molecule has 0 aliphatic heterocycles. The molecule has 4 N–H and O–H groups in total. The molecule has 0 bridgehead atoms. The molecule has 0 spiro atoms. The van der Waals surface area contributed by atoms with Crippen LogP contribution in [0.1, 0.15) is 24.6 Å². The van der Waals surface area contributed by atoms with E-state index in [1.54, 1.807) is 13.8 Å². The maximum Gasteiger partial charge on any atom is 0.242 e. The molecule has 8 nitrogen and oxygen atoms in total. The Morgan fingerprint density at radius 1 is 1.38 bits per heavy atom. The van der Waals surface area contributed by atoms with Crippen LogP contribution in [0.15, 0.2) is 27.8 Å². The Morgan fingerprint density at radius 3 is 2.62 bits per heavy atom. The van der Waals surface area contributed by atoms with E-state index in [2.05, 4.69) is 20.1 Å². The summed E-state index contributed by atoms with van der Waals surface area (Å²) < 4.78 is 32.2. The molecule has 0 amide bonds. The number of anilines is 1. The summed E-state index contributed by atoms with van der Waals surface area (Å²) >= 11 is 5.86. The van der Waals surface area contributed by atoms with Gasteiger partial charge in [0.05, 0.1) is 17.3 Å². The molecule has 0 aliphatic carbocycles. The van der Waals surface area contributed by atoms with Crippen molar-refractivity contribution in [2.24, 2.45) is 5.84 Å². The van der Waals surface area contributed by atoms with Gasteiger partial charge in [-0.2, -0.15) is 4.72 Å². The number of aryl methyl sites for hydroxylation is 1. The van der Waals surface area contributed by atoms with E-state index in [1.165, 1.54) is 12.3 Å². The molecular weight excluding hydrogens is 318 g/mol. The van der Waals surface area contributed by atoms with Crippen molar-refractivity contribution in [3.63, 3.8) is 0 Å². The number of hydrogen-bond donors (Lipinski definition) is 3. The molecule has 0 aromatic carbocycles. The number of halogens is 1. The fourth-order valence-electron chi connectivity index (χ4n) is 1.60. The molecule has 0 aliphatic rings. The smallest absolute Gasteiger partial charge is 0.242 e. The van der Waals surface area contributed by atoms with E-state index in [4.69, 9.17) is 21.9 Å². The Balaban J connectivity index is 2.24. The van der Waals surface area contributed by atoms with Crippen LogP contribution in [-0.2, 0) is 10.0 Å². The van der Waals surface area contributed by atoms with Crippen LogP contribution < -0.4 is 16.0 Å². The highest BCUT2D eigenvalue weighted by molar-refractivity contribution is 7.89. The van der Waals surface area contributed by atoms with E-state index in [1.807, 2.05) is 0 Å². The van der Waals surface area contributed by atoms with Crippen LogP contribution in [0.3, 0.4) is 0 Å². The van der Waals surface area contributed by atoms with Gasteiger partial charge in [0.2, 0.25) is 15.9 Å². The summed E-state index contributed by atoms with van der Waals surface area (Å²) in [5, 5.41) is 0.0972. The molecule has 0 fully saturated rings. The minimum atomic E-state index is -3.81. The predicted molar refractivity (Wildman–Crippen MR) is 77.0 cm³/mol. The Labute approximate surface area is 126 Å². The number of oxazole rings is 1. The van der Waals surface area contributed by atoms with Crippen molar-refractivity contribution in [2.75, 3.05) is 5.43 Å². The second kappa shape index (κ2) is 5.98. The number of hydrogen-bond acceptors (Lipinski definition) is 7. The first kappa shape index (κ1) is 15.7. The molecule has 21 heavy (non-hydrogen) atoms. The quantitative estimate of drug-likeness (QED) is 0.558. The maximum atomic E-state index is 12.2. The van der Waals surface area contributed by atoms with Crippen LogP contribution in [0, 0.1) is 6.92 Å². The van der Waals surface area contributed by atoms with E-state index >= 15 is 0 Å². The van der Waals surface area contributed by atoms with Crippen molar-refractivity contribution in [1.29, 1.82) is 0 Å². The summed E-state index contributed by atoms with van der Waals surface area (Å²) in [7, 11) is -3.81. The first-order valence-corrected chi connectivity index (χ1v) is 7.76. The molecule has 2 aromatic rings. The average Bonchev–Trinajstić information content (AvgIpc) is 2.85. The van der Waals surface area contributed by atoms with Crippen LogP contribution in [-0.4, -0.2) is 18.4 Å². The number of hydrazine groups is 1. The average molecular weight is 332 g/mol. The molecule has 1 unspecified atom stereocenters. The van der Waals surface area contributed by atoms with Gasteiger partial charge in [0.25, 0.3) is 0 Å². The van der Waals surface area contributed by atoms with Crippen LogP contribution >= 0.6 is 11.6 Å². The number of aromatic nitrogens is 2. The van der Waals surface area contributed by atoms with Gasteiger partial charge in [-0.15, -0.1) is 0 Å². The maximum absolute atomic E-state index is 12.2. The van der Waals surface area contributed by atoms with Gasteiger partial charge in [-0.3, -0.25) is 0 Å². The largest absolute Gasteiger partial charge is 0.444 e. The van der Waals surface area contributed by atoms with Gasteiger partial charge < -0.3 is 9.84 Å². The van der Waals surface area contributed by atoms with Crippen molar-refractivity contribution in [2.45, 2.75) is 24.8 Å². The van der Waals surface area contributed by atoms with Crippen molar-refractivity contribution < 1.29 is 12.8 Å². The Morgan fingerprint density at radius 2 is 2.10 bits per heavy atom. The van der Waals surface area contributed by atoms with Crippen LogP contribution in [0.5, 0.6) is 0 Å². The zero-order valence-electron chi connectivity index (χ0n) is 11.3. The third kappa shape index (κ3) is 3.50. The Kier molecular flexibility index (Phi) is 4.47. The molecule has 0 radical (unpaired) electrons. The van der Waals surface area contributed by atoms with Crippen LogP contribution in [0.4, 0.5) is 5.82 Å². The summed E-state index contributed by atoms with van der Waals surface area (Å²) in [5.74, 6) is 6.24. The van der Waals surface area contributed by atoms with E-state index in [-0.39, 0.29) is 21.6 Å². The third-order valence-electron chi connectivity index (χ3n) is 2.60. The van der Waals surface area contributed by atoms with Crippen molar-refractivity contribution in [1.82, 2.24) is 14.7 Å². The molecule has 114 valence electrons. The number of nitrogens with one attached hydrogen (secondary N) is 2. The summed E-state index contributed by atoms with van der Waals surface area (Å²) in [4.78, 5) is 7.72. The first-order chi connectivity index (χ1) is 9.83. The van der Waals surface area contributed by atoms with E-state index < -0.39 is 16.1 Å². The van der Waals surface area contributed by atoms with E-state index in [0.717, 1.165) is 6.20 Å². The van der Waals surface area contributed by atoms with Gasteiger partial charge in [-0.1, -0.05) is 11.6 Å².